The van der Waals surface area contributed by atoms with Crippen LogP contribution in [-0.2, 0) is 11.3 Å². The molecule has 0 unspecified atom stereocenters. The molecule has 6 heteroatoms. The molecule has 0 radical (unpaired) electrons. The van der Waals surface area contributed by atoms with Gasteiger partial charge >= 0.3 is 0 Å². The van der Waals surface area contributed by atoms with Crippen LogP contribution >= 0.6 is 0 Å². The van der Waals surface area contributed by atoms with E-state index in [0.29, 0.717) is 31.3 Å². The van der Waals surface area contributed by atoms with Crippen molar-refractivity contribution in [3.05, 3.63) is 54.2 Å². The van der Waals surface area contributed by atoms with E-state index >= 15 is 0 Å². The molecule has 2 aromatic carbocycles. The fraction of sp³-hybridized carbons (Fsp3) is 0.350. The Labute approximate surface area is 152 Å². The second-order valence-electron chi connectivity index (χ2n) is 6.89. The van der Waals surface area contributed by atoms with Crippen LogP contribution in [0.3, 0.4) is 0 Å². The number of anilines is 1. The first-order valence-corrected chi connectivity index (χ1v) is 8.97. The molecule has 0 aliphatic heterocycles. The van der Waals surface area contributed by atoms with E-state index in [9.17, 15) is 4.79 Å². The third-order valence-electron chi connectivity index (χ3n) is 4.61. The first-order chi connectivity index (χ1) is 12.7. The quantitative estimate of drug-likeness (QED) is 0.705. The molecule has 4 rings (SSSR count). The fourth-order valence-electron chi connectivity index (χ4n) is 2.99. The predicted octanol–water partition coefficient (Wildman–Crippen LogP) is 3.56. The van der Waals surface area contributed by atoms with Crippen LogP contribution in [0.1, 0.15) is 36.9 Å². The number of hydrogen-bond acceptors (Lipinski definition) is 5. The molecule has 1 amide bonds. The molecule has 26 heavy (non-hydrogen) atoms. The Kier molecular flexibility index (Phi) is 4.67. The first kappa shape index (κ1) is 16.7. The van der Waals surface area contributed by atoms with Gasteiger partial charge in [-0.25, -0.2) is 0 Å². The molecule has 1 saturated carbocycles. The minimum atomic E-state index is -0.0000144. The lowest BCUT2D eigenvalue weighted by Crippen LogP contribution is -2.24. The maximum absolute atomic E-state index is 12.3. The molecular formula is C20H22N4O2. The Morgan fingerprint density at radius 2 is 2.04 bits per heavy atom. The standard InChI is InChI=1S/C20H22N4O2/c1-24(13-18-22-20(26-23-18)15-9-10-15)12-11-19(25)21-17-8-4-6-14-5-2-3-7-16(14)17/h2-8,15H,9-13H2,1H3,(H,21,25). The molecular weight excluding hydrogens is 328 g/mol. The highest BCUT2D eigenvalue weighted by molar-refractivity contribution is 6.02. The second-order valence-corrected chi connectivity index (χ2v) is 6.89. The van der Waals surface area contributed by atoms with Gasteiger partial charge in [-0.05, 0) is 31.3 Å². The van der Waals surface area contributed by atoms with Crippen molar-refractivity contribution in [1.82, 2.24) is 15.0 Å². The number of carbonyl (C=O) groups excluding carboxylic acids is 1. The van der Waals surface area contributed by atoms with Crippen LogP contribution < -0.4 is 5.32 Å². The summed E-state index contributed by atoms with van der Waals surface area (Å²) in [5.41, 5.74) is 0.850. The number of nitrogens with zero attached hydrogens (tertiary/aromatic N) is 3. The summed E-state index contributed by atoms with van der Waals surface area (Å²) in [6.45, 7) is 1.21. The maximum Gasteiger partial charge on any atom is 0.229 e. The number of fused-ring (bicyclic) bond motifs is 1. The zero-order valence-electron chi connectivity index (χ0n) is 14.8. The van der Waals surface area contributed by atoms with E-state index in [1.54, 1.807) is 0 Å². The minimum Gasteiger partial charge on any atom is -0.339 e. The zero-order valence-corrected chi connectivity index (χ0v) is 14.8. The van der Waals surface area contributed by atoms with Gasteiger partial charge in [-0.3, -0.25) is 9.69 Å². The number of benzene rings is 2. The van der Waals surface area contributed by atoms with E-state index in [-0.39, 0.29) is 5.91 Å². The average Bonchev–Trinajstić information content (AvgIpc) is 3.40. The molecule has 1 aliphatic rings. The van der Waals surface area contributed by atoms with Gasteiger partial charge in [-0.1, -0.05) is 41.6 Å². The molecule has 0 spiro atoms. The lowest BCUT2D eigenvalue weighted by atomic mass is 10.1. The Morgan fingerprint density at radius 1 is 1.23 bits per heavy atom. The highest BCUT2D eigenvalue weighted by Crippen LogP contribution is 2.38. The van der Waals surface area contributed by atoms with Gasteiger partial charge in [0.05, 0.1) is 6.54 Å². The van der Waals surface area contributed by atoms with Gasteiger partial charge in [0.15, 0.2) is 5.82 Å². The third kappa shape index (κ3) is 3.91. The molecule has 134 valence electrons. The fourth-order valence-corrected chi connectivity index (χ4v) is 2.99. The first-order valence-electron chi connectivity index (χ1n) is 8.97. The summed E-state index contributed by atoms with van der Waals surface area (Å²) in [6, 6.07) is 14.0. The molecule has 1 heterocycles. The third-order valence-corrected chi connectivity index (χ3v) is 4.61. The van der Waals surface area contributed by atoms with Crippen LogP contribution in [0.5, 0.6) is 0 Å². The summed E-state index contributed by atoms with van der Waals surface area (Å²) in [5.74, 6) is 1.90. The Balaban J connectivity index is 1.30. The van der Waals surface area contributed by atoms with Crippen molar-refractivity contribution < 1.29 is 9.32 Å². The van der Waals surface area contributed by atoms with Crippen LogP contribution in [0, 0.1) is 0 Å². The van der Waals surface area contributed by atoms with Crippen LogP contribution in [0.2, 0.25) is 0 Å². The summed E-state index contributed by atoms with van der Waals surface area (Å²) < 4.78 is 5.27. The van der Waals surface area contributed by atoms with Crippen LogP contribution in [0.25, 0.3) is 10.8 Å². The number of hydrogen-bond donors (Lipinski definition) is 1. The maximum atomic E-state index is 12.3. The SMILES string of the molecule is CN(CCC(=O)Nc1cccc2ccccc12)Cc1noc(C2CC2)n1. The predicted molar refractivity (Wildman–Crippen MR) is 99.8 cm³/mol. The Hall–Kier alpha value is -2.73. The van der Waals surface area contributed by atoms with E-state index in [4.69, 9.17) is 4.52 Å². The van der Waals surface area contributed by atoms with Gasteiger partial charge in [-0.15, -0.1) is 0 Å². The topological polar surface area (TPSA) is 71.3 Å². The number of nitrogens with one attached hydrogen (secondary N) is 1. The summed E-state index contributed by atoms with van der Waals surface area (Å²) in [7, 11) is 1.96. The lowest BCUT2D eigenvalue weighted by Gasteiger charge is -2.14. The average molecular weight is 350 g/mol. The molecule has 0 bridgehead atoms. The van der Waals surface area contributed by atoms with Crippen LogP contribution in [0.15, 0.2) is 47.0 Å². The Morgan fingerprint density at radius 3 is 2.88 bits per heavy atom. The van der Waals surface area contributed by atoms with E-state index in [1.165, 1.54) is 0 Å². The lowest BCUT2D eigenvalue weighted by molar-refractivity contribution is -0.116. The van der Waals surface area contributed by atoms with Gasteiger partial charge in [0, 0.05) is 30.0 Å². The Bertz CT molecular complexity index is 912. The van der Waals surface area contributed by atoms with E-state index in [2.05, 4.69) is 15.5 Å². The van der Waals surface area contributed by atoms with Crippen LogP contribution in [-0.4, -0.2) is 34.5 Å². The molecule has 3 aromatic rings. The number of aromatic nitrogens is 2. The molecule has 6 nitrogen and oxygen atoms in total. The smallest absolute Gasteiger partial charge is 0.229 e. The zero-order chi connectivity index (χ0) is 17.9. The van der Waals surface area contributed by atoms with Crippen LogP contribution in [0.4, 0.5) is 5.69 Å². The number of rotatable bonds is 7. The van der Waals surface area contributed by atoms with Gasteiger partial charge in [0.1, 0.15) is 0 Å². The summed E-state index contributed by atoms with van der Waals surface area (Å²) in [6.07, 6.45) is 2.70. The molecule has 0 saturated heterocycles. The van der Waals surface area contributed by atoms with Crippen molar-refractivity contribution in [2.45, 2.75) is 31.7 Å². The minimum absolute atomic E-state index is 0.0000144. The van der Waals surface area contributed by atoms with E-state index < -0.39 is 0 Å². The summed E-state index contributed by atoms with van der Waals surface area (Å²) in [5, 5.41) is 9.20. The molecule has 1 N–H and O–H groups in total. The van der Waals surface area contributed by atoms with Gasteiger partial charge in [-0.2, -0.15) is 4.98 Å². The number of amides is 1. The van der Waals surface area contributed by atoms with E-state index in [1.807, 2.05) is 54.4 Å². The summed E-state index contributed by atoms with van der Waals surface area (Å²) in [4.78, 5) is 18.8. The van der Waals surface area contributed by atoms with Gasteiger partial charge < -0.3 is 9.84 Å². The normalized spacial score (nSPS) is 14.1. The van der Waals surface area contributed by atoms with Crippen molar-refractivity contribution in [1.29, 1.82) is 0 Å². The van der Waals surface area contributed by atoms with Crippen molar-refractivity contribution in [3.63, 3.8) is 0 Å². The number of carbonyl (C=O) groups is 1. The van der Waals surface area contributed by atoms with Crippen molar-refractivity contribution in [3.8, 4) is 0 Å². The second kappa shape index (κ2) is 7.25. The van der Waals surface area contributed by atoms with Gasteiger partial charge in [0.2, 0.25) is 11.8 Å². The van der Waals surface area contributed by atoms with E-state index in [0.717, 1.165) is 35.2 Å². The highest BCUT2D eigenvalue weighted by Gasteiger charge is 2.29. The molecule has 1 aromatic heterocycles. The molecule has 1 fully saturated rings. The largest absolute Gasteiger partial charge is 0.339 e. The summed E-state index contributed by atoms with van der Waals surface area (Å²) >= 11 is 0. The van der Waals surface area contributed by atoms with Crippen molar-refractivity contribution in [2.75, 3.05) is 18.9 Å². The monoisotopic (exact) mass is 350 g/mol. The van der Waals surface area contributed by atoms with Crippen molar-refractivity contribution >= 4 is 22.4 Å². The highest BCUT2D eigenvalue weighted by atomic mass is 16.5. The van der Waals surface area contributed by atoms with Gasteiger partial charge in [0.25, 0.3) is 0 Å². The molecule has 0 atom stereocenters. The van der Waals surface area contributed by atoms with Crippen molar-refractivity contribution in [2.24, 2.45) is 0 Å². The molecule has 1 aliphatic carbocycles.